The maximum atomic E-state index is 12.7. The van der Waals surface area contributed by atoms with Crippen LogP contribution in [0.5, 0.6) is 5.75 Å². The van der Waals surface area contributed by atoms with Gasteiger partial charge >= 0.3 is 0 Å². The van der Waals surface area contributed by atoms with Gasteiger partial charge in [-0.1, -0.05) is 30.3 Å². The van der Waals surface area contributed by atoms with Gasteiger partial charge in [-0.25, -0.2) is 0 Å². The van der Waals surface area contributed by atoms with E-state index >= 15 is 0 Å². The highest BCUT2D eigenvalue weighted by atomic mass is 16.5. The molecular weight excluding hydrogens is 392 g/mol. The average molecular weight is 418 g/mol. The average Bonchev–Trinajstić information content (AvgIpc) is 3.31. The number of nitrogens with zero attached hydrogens (tertiary/aromatic N) is 2. The highest BCUT2D eigenvalue weighted by Crippen LogP contribution is 2.19. The third-order valence-electron chi connectivity index (χ3n) is 5.42. The number of aromatic amines is 1. The topological polar surface area (TPSA) is 87.3 Å². The summed E-state index contributed by atoms with van der Waals surface area (Å²) in [6.07, 6.45) is 1.43. The minimum atomic E-state index is -0.175. The lowest BCUT2D eigenvalue weighted by molar-refractivity contribution is 0.0697. The minimum absolute atomic E-state index is 0.00824. The van der Waals surface area contributed by atoms with Crippen molar-refractivity contribution < 1.29 is 14.3 Å². The molecule has 1 aromatic heterocycles. The third-order valence-corrected chi connectivity index (χ3v) is 5.42. The van der Waals surface area contributed by atoms with Crippen molar-refractivity contribution in [1.29, 1.82) is 0 Å². The van der Waals surface area contributed by atoms with Crippen LogP contribution in [-0.2, 0) is 0 Å². The second-order valence-electron chi connectivity index (χ2n) is 7.53. The van der Waals surface area contributed by atoms with Crippen LogP contribution in [0.3, 0.4) is 0 Å². The van der Waals surface area contributed by atoms with Crippen LogP contribution in [0.2, 0.25) is 0 Å². The molecule has 0 saturated carbocycles. The molecule has 0 atom stereocenters. The number of hydrogen-bond donors (Lipinski definition) is 2. The number of H-pyrrole nitrogens is 1. The molecule has 0 spiro atoms. The van der Waals surface area contributed by atoms with Crippen LogP contribution in [0.25, 0.3) is 11.3 Å². The molecule has 2 heterocycles. The summed E-state index contributed by atoms with van der Waals surface area (Å²) in [5.41, 5.74) is 2.78. The zero-order valence-electron chi connectivity index (χ0n) is 17.5. The summed E-state index contributed by atoms with van der Waals surface area (Å²) >= 11 is 0. The van der Waals surface area contributed by atoms with Crippen LogP contribution in [-0.4, -0.2) is 52.6 Å². The van der Waals surface area contributed by atoms with Gasteiger partial charge in [0.1, 0.15) is 11.4 Å². The first-order valence-corrected chi connectivity index (χ1v) is 10.6. The summed E-state index contributed by atoms with van der Waals surface area (Å²) < 4.78 is 5.43. The Hall–Kier alpha value is -3.61. The molecule has 7 heteroatoms. The lowest BCUT2D eigenvalue weighted by Crippen LogP contribution is -2.46. The number of hydrogen-bond acceptors (Lipinski definition) is 4. The summed E-state index contributed by atoms with van der Waals surface area (Å²) in [4.78, 5) is 27.2. The number of amides is 2. The van der Waals surface area contributed by atoms with Crippen molar-refractivity contribution >= 4 is 11.8 Å². The molecular formula is C24H26N4O3. The van der Waals surface area contributed by atoms with Gasteiger partial charge in [-0.2, -0.15) is 5.10 Å². The zero-order valence-corrected chi connectivity index (χ0v) is 17.5. The molecule has 4 rings (SSSR count). The van der Waals surface area contributed by atoms with Crippen LogP contribution in [0.1, 0.15) is 40.6 Å². The van der Waals surface area contributed by atoms with E-state index in [1.165, 1.54) is 0 Å². The van der Waals surface area contributed by atoms with Crippen molar-refractivity contribution in [3.05, 3.63) is 71.9 Å². The van der Waals surface area contributed by atoms with E-state index in [1.54, 1.807) is 18.2 Å². The normalized spacial score (nSPS) is 14.3. The molecule has 1 aliphatic heterocycles. The van der Waals surface area contributed by atoms with Crippen LogP contribution >= 0.6 is 0 Å². The molecule has 0 radical (unpaired) electrons. The Labute approximate surface area is 181 Å². The number of carbonyl (C=O) groups is 2. The predicted octanol–water partition coefficient (Wildman–Crippen LogP) is 3.51. The van der Waals surface area contributed by atoms with Crippen molar-refractivity contribution in [2.45, 2.75) is 25.8 Å². The second-order valence-corrected chi connectivity index (χ2v) is 7.53. The Bertz CT molecular complexity index is 1020. The fraction of sp³-hybridized carbons (Fsp3) is 0.292. The summed E-state index contributed by atoms with van der Waals surface area (Å²) in [5.74, 6) is 0.592. The number of ether oxygens (including phenoxy) is 1. The summed E-state index contributed by atoms with van der Waals surface area (Å²) in [5, 5.41) is 10.1. The van der Waals surface area contributed by atoms with Crippen molar-refractivity contribution in [3.8, 4) is 17.0 Å². The van der Waals surface area contributed by atoms with Gasteiger partial charge in [0, 0.05) is 30.3 Å². The van der Waals surface area contributed by atoms with E-state index in [-0.39, 0.29) is 17.9 Å². The summed E-state index contributed by atoms with van der Waals surface area (Å²) in [7, 11) is 0. The second kappa shape index (κ2) is 9.47. The van der Waals surface area contributed by atoms with Gasteiger partial charge in [0.15, 0.2) is 0 Å². The molecule has 1 saturated heterocycles. The van der Waals surface area contributed by atoms with E-state index in [4.69, 9.17) is 4.74 Å². The Morgan fingerprint density at radius 3 is 2.48 bits per heavy atom. The standard InChI is InChI=1S/C24H26N4O3/c1-2-31-20-10-8-18(9-11-20)24(30)28-14-12-19(13-15-28)25-23(29)22-16-21(26-27-22)17-6-4-3-5-7-17/h3-11,16,19H,2,12-15H2,1H3,(H,25,29)(H,26,27). The maximum absolute atomic E-state index is 12.7. The van der Waals surface area contributed by atoms with Gasteiger partial charge < -0.3 is 15.0 Å². The van der Waals surface area contributed by atoms with Crippen LogP contribution in [0.4, 0.5) is 0 Å². The molecule has 160 valence electrons. The molecule has 2 aromatic carbocycles. The molecule has 0 bridgehead atoms. The first kappa shape index (κ1) is 20.7. The van der Waals surface area contributed by atoms with Crippen molar-refractivity contribution in [3.63, 3.8) is 0 Å². The molecule has 2 N–H and O–H groups in total. The molecule has 2 amide bonds. The minimum Gasteiger partial charge on any atom is -0.494 e. The zero-order chi connectivity index (χ0) is 21.6. The number of rotatable bonds is 6. The predicted molar refractivity (Wildman–Crippen MR) is 118 cm³/mol. The van der Waals surface area contributed by atoms with Gasteiger partial charge in [-0.3, -0.25) is 14.7 Å². The molecule has 1 aliphatic rings. The quantitative estimate of drug-likeness (QED) is 0.641. The van der Waals surface area contributed by atoms with Crippen molar-refractivity contribution in [2.75, 3.05) is 19.7 Å². The number of benzene rings is 2. The Morgan fingerprint density at radius 2 is 1.81 bits per heavy atom. The van der Waals surface area contributed by atoms with E-state index < -0.39 is 0 Å². The van der Waals surface area contributed by atoms with Gasteiger partial charge in [-0.15, -0.1) is 0 Å². The first-order chi connectivity index (χ1) is 15.1. The van der Waals surface area contributed by atoms with Gasteiger partial charge in [-0.05, 0) is 50.1 Å². The highest BCUT2D eigenvalue weighted by molar-refractivity contribution is 5.95. The van der Waals surface area contributed by atoms with E-state index in [1.807, 2.05) is 54.3 Å². The monoisotopic (exact) mass is 418 g/mol. The molecule has 31 heavy (non-hydrogen) atoms. The maximum Gasteiger partial charge on any atom is 0.269 e. The van der Waals surface area contributed by atoms with Gasteiger partial charge in [0.2, 0.25) is 0 Å². The van der Waals surface area contributed by atoms with Crippen molar-refractivity contribution in [1.82, 2.24) is 20.4 Å². The number of carbonyl (C=O) groups excluding carboxylic acids is 2. The Morgan fingerprint density at radius 1 is 1.10 bits per heavy atom. The number of likely N-dealkylation sites (tertiary alicyclic amines) is 1. The molecule has 1 fully saturated rings. The molecule has 0 aliphatic carbocycles. The largest absolute Gasteiger partial charge is 0.494 e. The smallest absolute Gasteiger partial charge is 0.269 e. The molecule has 7 nitrogen and oxygen atoms in total. The summed E-state index contributed by atoms with van der Waals surface area (Å²) in [6, 6.07) is 18.7. The number of piperidine rings is 1. The lowest BCUT2D eigenvalue weighted by Gasteiger charge is -2.32. The van der Waals surface area contributed by atoms with Crippen molar-refractivity contribution in [2.24, 2.45) is 0 Å². The van der Waals surface area contributed by atoms with E-state index in [0.29, 0.717) is 43.8 Å². The Balaban J connectivity index is 1.29. The van der Waals surface area contributed by atoms with Gasteiger partial charge in [0.05, 0.1) is 12.3 Å². The Kier molecular flexibility index (Phi) is 6.31. The summed E-state index contributed by atoms with van der Waals surface area (Å²) in [6.45, 7) is 3.74. The van der Waals surface area contributed by atoms with Crippen LogP contribution < -0.4 is 10.1 Å². The van der Waals surface area contributed by atoms with Crippen LogP contribution in [0.15, 0.2) is 60.7 Å². The van der Waals surface area contributed by atoms with Crippen LogP contribution in [0, 0.1) is 0 Å². The number of aromatic nitrogens is 2. The number of nitrogens with one attached hydrogen (secondary N) is 2. The van der Waals surface area contributed by atoms with E-state index in [2.05, 4.69) is 15.5 Å². The highest BCUT2D eigenvalue weighted by Gasteiger charge is 2.25. The molecule has 0 unspecified atom stereocenters. The van der Waals surface area contributed by atoms with E-state index in [0.717, 1.165) is 17.0 Å². The SMILES string of the molecule is CCOc1ccc(C(=O)N2CCC(NC(=O)c3cc(-c4ccccc4)n[nH]3)CC2)cc1. The first-order valence-electron chi connectivity index (χ1n) is 10.6. The molecule has 3 aromatic rings. The lowest BCUT2D eigenvalue weighted by atomic mass is 10.0. The third kappa shape index (κ3) is 4.94. The fourth-order valence-corrected chi connectivity index (χ4v) is 3.73. The fourth-order valence-electron chi connectivity index (χ4n) is 3.73. The van der Waals surface area contributed by atoms with Gasteiger partial charge in [0.25, 0.3) is 11.8 Å². The van der Waals surface area contributed by atoms with E-state index in [9.17, 15) is 9.59 Å².